The van der Waals surface area contributed by atoms with Gasteiger partial charge in [-0.2, -0.15) is 0 Å². The summed E-state index contributed by atoms with van der Waals surface area (Å²) in [6, 6.07) is 11.7. The van der Waals surface area contributed by atoms with Gasteiger partial charge in [0.1, 0.15) is 11.5 Å². The lowest BCUT2D eigenvalue weighted by molar-refractivity contribution is 0.125. The Balaban J connectivity index is 0.00000392. The first-order valence-corrected chi connectivity index (χ1v) is 9.07. The van der Waals surface area contributed by atoms with Crippen molar-refractivity contribution in [2.45, 2.75) is 20.0 Å². The molecular formula is C21H30IN3O3. The van der Waals surface area contributed by atoms with Crippen LogP contribution in [0.25, 0.3) is 0 Å². The van der Waals surface area contributed by atoms with Crippen molar-refractivity contribution in [1.82, 2.24) is 10.6 Å². The van der Waals surface area contributed by atoms with Crippen LogP contribution < -0.4 is 15.4 Å². The van der Waals surface area contributed by atoms with Crippen LogP contribution in [0.2, 0.25) is 0 Å². The molecule has 0 saturated carbocycles. The van der Waals surface area contributed by atoms with E-state index in [1.165, 1.54) is 0 Å². The van der Waals surface area contributed by atoms with Gasteiger partial charge in [-0.25, -0.2) is 4.99 Å². The highest BCUT2D eigenvalue weighted by molar-refractivity contribution is 14.0. The summed E-state index contributed by atoms with van der Waals surface area (Å²) in [6.45, 7) is 8.99. The Bertz CT molecular complexity index is 700. The van der Waals surface area contributed by atoms with Gasteiger partial charge in [0.15, 0.2) is 5.96 Å². The van der Waals surface area contributed by atoms with Crippen LogP contribution in [0.4, 0.5) is 0 Å². The minimum atomic E-state index is 0. The lowest BCUT2D eigenvalue weighted by Gasteiger charge is -2.13. The van der Waals surface area contributed by atoms with Crippen LogP contribution in [-0.2, 0) is 17.8 Å². The van der Waals surface area contributed by atoms with Gasteiger partial charge in [-0.05, 0) is 36.8 Å². The number of methoxy groups -OCH3 is 1. The molecule has 0 aliphatic rings. The molecule has 0 atom stereocenters. The van der Waals surface area contributed by atoms with Gasteiger partial charge in [0.25, 0.3) is 0 Å². The van der Waals surface area contributed by atoms with Crippen molar-refractivity contribution in [2.24, 2.45) is 4.99 Å². The van der Waals surface area contributed by atoms with Crippen LogP contribution in [0.1, 0.15) is 18.2 Å². The Kier molecular flexibility index (Phi) is 12.1. The van der Waals surface area contributed by atoms with Gasteiger partial charge >= 0.3 is 0 Å². The van der Waals surface area contributed by atoms with E-state index in [1.54, 1.807) is 13.4 Å². The second-order valence-corrected chi connectivity index (χ2v) is 6.21. The number of hydrogen-bond donors (Lipinski definition) is 2. The zero-order valence-electron chi connectivity index (χ0n) is 16.6. The fraction of sp³-hybridized carbons (Fsp3) is 0.381. The summed E-state index contributed by atoms with van der Waals surface area (Å²) in [7, 11) is 1.66. The molecule has 0 unspecified atom stereocenters. The number of furan rings is 1. The fourth-order valence-electron chi connectivity index (χ4n) is 2.30. The number of ether oxygens (including phenoxy) is 2. The molecule has 0 amide bonds. The Hall–Kier alpha value is -2.00. The maximum atomic E-state index is 5.71. The number of nitrogens with zero attached hydrogens (tertiary/aromatic N) is 1. The van der Waals surface area contributed by atoms with E-state index in [0.717, 1.165) is 41.6 Å². The normalized spacial score (nSPS) is 10.9. The second kappa shape index (κ2) is 14.1. The molecule has 0 aliphatic heterocycles. The molecule has 0 saturated heterocycles. The number of rotatable bonds is 11. The third kappa shape index (κ3) is 9.80. The third-order valence-electron chi connectivity index (χ3n) is 3.72. The van der Waals surface area contributed by atoms with E-state index in [-0.39, 0.29) is 24.0 Å². The topological polar surface area (TPSA) is 68.0 Å². The highest BCUT2D eigenvalue weighted by atomic mass is 127. The largest absolute Gasteiger partial charge is 0.497 e. The molecule has 1 aromatic heterocycles. The van der Waals surface area contributed by atoms with Crippen molar-refractivity contribution < 1.29 is 13.9 Å². The Morgan fingerprint density at radius 1 is 1.14 bits per heavy atom. The number of nitrogens with one attached hydrogen (secondary N) is 2. The monoisotopic (exact) mass is 499 g/mol. The molecule has 0 bridgehead atoms. The van der Waals surface area contributed by atoms with Crippen molar-refractivity contribution >= 4 is 29.9 Å². The fourth-order valence-corrected chi connectivity index (χ4v) is 2.30. The SMILES string of the molecule is C=C(C)CN=C(NCCOCc1ccc(OC)cc1)NCCc1ccco1.I. The molecule has 2 rings (SSSR count). The summed E-state index contributed by atoms with van der Waals surface area (Å²) in [5.41, 5.74) is 2.13. The average molecular weight is 499 g/mol. The summed E-state index contributed by atoms with van der Waals surface area (Å²) in [5, 5.41) is 6.58. The highest BCUT2D eigenvalue weighted by Crippen LogP contribution is 2.11. The number of halogens is 1. The Morgan fingerprint density at radius 3 is 2.54 bits per heavy atom. The van der Waals surface area contributed by atoms with Gasteiger partial charge in [-0.1, -0.05) is 24.3 Å². The van der Waals surface area contributed by atoms with Crippen LogP contribution in [0.3, 0.4) is 0 Å². The van der Waals surface area contributed by atoms with E-state index in [1.807, 2.05) is 43.3 Å². The zero-order chi connectivity index (χ0) is 19.3. The maximum Gasteiger partial charge on any atom is 0.191 e. The first kappa shape index (κ1) is 24.0. The molecule has 0 spiro atoms. The smallest absolute Gasteiger partial charge is 0.191 e. The molecule has 1 aromatic carbocycles. The minimum Gasteiger partial charge on any atom is -0.497 e. The number of benzene rings is 1. The van der Waals surface area contributed by atoms with Gasteiger partial charge < -0.3 is 24.5 Å². The molecule has 28 heavy (non-hydrogen) atoms. The third-order valence-corrected chi connectivity index (χ3v) is 3.72. The Morgan fingerprint density at radius 2 is 1.89 bits per heavy atom. The van der Waals surface area contributed by atoms with Crippen molar-refractivity contribution in [3.05, 3.63) is 66.1 Å². The van der Waals surface area contributed by atoms with Crippen molar-refractivity contribution in [3.63, 3.8) is 0 Å². The van der Waals surface area contributed by atoms with Crippen molar-refractivity contribution in [2.75, 3.05) is 33.4 Å². The number of aliphatic imine (C=N–C) groups is 1. The summed E-state index contributed by atoms with van der Waals surface area (Å²) in [4.78, 5) is 4.51. The van der Waals surface area contributed by atoms with E-state index in [9.17, 15) is 0 Å². The molecule has 1 heterocycles. The van der Waals surface area contributed by atoms with Crippen molar-refractivity contribution in [3.8, 4) is 5.75 Å². The molecule has 0 radical (unpaired) electrons. The standard InChI is InChI=1S/C21H29N3O3.HI/c1-17(2)15-24-21(22-11-10-20-5-4-13-27-20)23-12-14-26-16-18-6-8-19(25-3)9-7-18;/h4-9,13H,1,10-12,14-16H2,2-3H3,(H2,22,23,24);1H. The lowest BCUT2D eigenvalue weighted by Crippen LogP contribution is -2.40. The molecule has 7 heteroatoms. The molecule has 154 valence electrons. The number of hydrogen-bond acceptors (Lipinski definition) is 4. The zero-order valence-corrected chi connectivity index (χ0v) is 18.9. The highest BCUT2D eigenvalue weighted by Gasteiger charge is 2.01. The molecule has 6 nitrogen and oxygen atoms in total. The van der Waals surface area contributed by atoms with Gasteiger partial charge in [0.05, 0.1) is 33.1 Å². The van der Waals surface area contributed by atoms with E-state index in [2.05, 4.69) is 22.2 Å². The molecule has 0 aliphatic carbocycles. The van der Waals surface area contributed by atoms with E-state index in [4.69, 9.17) is 13.9 Å². The van der Waals surface area contributed by atoms with Gasteiger partial charge in [0, 0.05) is 19.5 Å². The van der Waals surface area contributed by atoms with E-state index < -0.39 is 0 Å². The first-order valence-electron chi connectivity index (χ1n) is 9.07. The average Bonchev–Trinajstić information content (AvgIpc) is 3.19. The summed E-state index contributed by atoms with van der Waals surface area (Å²) >= 11 is 0. The number of guanidine groups is 1. The summed E-state index contributed by atoms with van der Waals surface area (Å²) < 4.78 is 16.2. The van der Waals surface area contributed by atoms with Crippen molar-refractivity contribution in [1.29, 1.82) is 0 Å². The lowest BCUT2D eigenvalue weighted by atomic mass is 10.2. The molecule has 2 N–H and O–H groups in total. The van der Waals surface area contributed by atoms with E-state index >= 15 is 0 Å². The maximum absolute atomic E-state index is 5.71. The van der Waals surface area contributed by atoms with Gasteiger partial charge in [-0.3, -0.25) is 0 Å². The summed E-state index contributed by atoms with van der Waals surface area (Å²) in [6.07, 6.45) is 2.48. The van der Waals surface area contributed by atoms with Gasteiger partial charge in [-0.15, -0.1) is 24.0 Å². The molecule has 0 fully saturated rings. The Labute approximate surface area is 184 Å². The predicted molar refractivity (Wildman–Crippen MR) is 124 cm³/mol. The van der Waals surface area contributed by atoms with E-state index in [0.29, 0.717) is 26.3 Å². The predicted octanol–water partition coefficient (Wildman–Crippen LogP) is 3.78. The van der Waals surface area contributed by atoms with Crippen LogP contribution >= 0.6 is 24.0 Å². The van der Waals surface area contributed by atoms with Crippen LogP contribution in [-0.4, -0.2) is 39.3 Å². The van der Waals surface area contributed by atoms with Crippen LogP contribution in [0.15, 0.2) is 64.2 Å². The van der Waals surface area contributed by atoms with Crippen LogP contribution in [0, 0.1) is 0 Å². The molecular weight excluding hydrogens is 469 g/mol. The quantitative estimate of drug-likeness (QED) is 0.162. The van der Waals surface area contributed by atoms with Gasteiger partial charge in [0.2, 0.25) is 0 Å². The summed E-state index contributed by atoms with van der Waals surface area (Å²) in [5.74, 6) is 2.54. The minimum absolute atomic E-state index is 0. The molecule has 2 aromatic rings. The second-order valence-electron chi connectivity index (χ2n) is 6.21. The van der Waals surface area contributed by atoms with Crippen LogP contribution in [0.5, 0.6) is 5.75 Å². The first-order chi connectivity index (χ1) is 13.2.